The van der Waals surface area contributed by atoms with E-state index in [1.54, 1.807) is 30.3 Å². The summed E-state index contributed by atoms with van der Waals surface area (Å²) in [5.41, 5.74) is 0.844. The minimum Gasteiger partial charge on any atom is -0.439 e. The molecule has 0 saturated carbocycles. The van der Waals surface area contributed by atoms with Crippen LogP contribution in [0.4, 0.5) is 0 Å². The van der Waals surface area contributed by atoms with Gasteiger partial charge in [0.15, 0.2) is 0 Å². The number of hydrogen-bond acceptors (Lipinski definition) is 4. The summed E-state index contributed by atoms with van der Waals surface area (Å²) in [6, 6.07) is 8.83. The molecule has 0 fully saturated rings. The van der Waals surface area contributed by atoms with Gasteiger partial charge in [0.05, 0.1) is 6.61 Å². The van der Waals surface area contributed by atoms with Crippen LogP contribution in [-0.4, -0.2) is 15.1 Å². The Hall–Kier alpha value is -1.46. The van der Waals surface area contributed by atoms with Crippen LogP contribution < -0.4 is 4.74 Å². The molecule has 0 aliphatic carbocycles. The number of rotatable bonds is 3. The highest BCUT2D eigenvalue weighted by Crippen LogP contribution is 2.21. The summed E-state index contributed by atoms with van der Waals surface area (Å²) in [6.45, 7) is 0.0271. The van der Waals surface area contributed by atoms with Gasteiger partial charge in [-0.1, -0.05) is 12.1 Å². The van der Waals surface area contributed by atoms with E-state index in [4.69, 9.17) is 9.84 Å². The Morgan fingerprint density at radius 3 is 2.56 bits per heavy atom. The van der Waals surface area contributed by atoms with Crippen LogP contribution in [-0.2, 0) is 6.61 Å². The van der Waals surface area contributed by atoms with Gasteiger partial charge in [0, 0.05) is 6.07 Å². The highest BCUT2D eigenvalue weighted by atomic mass is 79.9. The number of hydrogen-bond donors (Lipinski definition) is 1. The normalized spacial score (nSPS) is 10.1. The van der Waals surface area contributed by atoms with Crippen LogP contribution in [0.25, 0.3) is 0 Å². The molecule has 4 nitrogen and oxygen atoms in total. The highest BCUT2D eigenvalue weighted by molar-refractivity contribution is 9.10. The van der Waals surface area contributed by atoms with E-state index in [1.807, 2.05) is 0 Å². The first kappa shape index (κ1) is 11.0. The van der Waals surface area contributed by atoms with Crippen molar-refractivity contribution in [3.05, 3.63) is 46.8 Å². The van der Waals surface area contributed by atoms with Crippen LogP contribution in [0.1, 0.15) is 5.56 Å². The molecule has 0 saturated heterocycles. The van der Waals surface area contributed by atoms with Crippen molar-refractivity contribution in [3.8, 4) is 11.6 Å². The van der Waals surface area contributed by atoms with E-state index in [-0.39, 0.29) is 6.61 Å². The number of halogens is 1. The Morgan fingerprint density at radius 1 is 1.19 bits per heavy atom. The van der Waals surface area contributed by atoms with E-state index in [9.17, 15) is 0 Å². The van der Waals surface area contributed by atoms with Crippen molar-refractivity contribution in [2.24, 2.45) is 0 Å². The van der Waals surface area contributed by atoms with Crippen molar-refractivity contribution in [1.29, 1.82) is 0 Å². The molecule has 2 rings (SSSR count). The Kier molecular flexibility index (Phi) is 3.48. The van der Waals surface area contributed by atoms with E-state index in [1.165, 1.54) is 6.33 Å². The maximum absolute atomic E-state index is 8.89. The zero-order chi connectivity index (χ0) is 11.4. The number of aliphatic hydroxyl groups excluding tert-OH is 1. The van der Waals surface area contributed by atoms with Gasteiger partial charge in [-0.3, -0.25) is 0 Å². The lowest BCUT2D eigenvalue weighted by Gasteiger charge is -2.04. The van der Waals surface area contributed by atoms with Gasteiger partial charge in [-0.05, 0) is 33.6 Å². The molecule has 1 heterocycles. The quantitative estimate of drug-likeness (QED) is 0.878. The lowest BCUT2D eigenvalue weighted by atomic mass is 10.2. The Labute approximate surface area is 101 Å². The number of aromatic nitrogens is 2. The van der Waals surface area contributed by atoms with Crippen molar-refractivity contribution in [3.63, 3.8) is 0 Å². The average Bonchev–Trinajstić information content (AvgIpc) is 2.30. The fourth-order valence-corrected chi connectivity index (χ4v) is 1.44. The second-order valence-corrected chi connectivity index (χ2v) is 3.90. The average molecular weight is 281 g/mol. The maximum atomic E-state index is 8.89. The molecule has 0 aliphatic heterocycles. The van der Waals surface area contributed by atoms with Gasteiger partial charge in [0.25, 0.3) is 0 Å². The topological polar surface area (TPSA) is 55.2 Å². The van der Waals surface area contributed by atoms with Gasteiger partial charge in [0.1, 0.15) is 16.7 Å². The second-order valence-electron chi connectivity index (χ2n) is 3.08. The van der Waals surface area contributed by atoms with Crippen molar-refractivity contribution in [1.82, 2.24) is 9.97 Å². The van der Waals surface area contributed by atoms with Gasteiger partial charge in [0.2, 0.25) is 5.88 Å². The summed E-state index contributed by atoms with van der Waals surface area (Å²) < 4.78 is 6.17. The molecule has 1 aromatic heterocycles. The summed E-state index contributed by atoms with van der Waals surface area (Å²) in [4.78, 5) is 7.87. The molecule has 0 atom stereocenters. The van der Waals surface area contributed by atoms with Gasteiger partial charge < -0.3 is 9.84 Å². The molecule has 1 N–H and O–H groups in total. The standard InChI is InChI=1S/C11H9BrN2O2/c12-10-5-11(14-7-13-10)16-9-3-1-8(6-15)2-4-9/h1-5,7,15H,6H2. The first-order valence-corrected chi connectivity index (χ1v) is 5.42. The molecule has 0 amide bonds. The van der Waals surface area contributed by atoms with Crippen LogP contribution in [0.5, 0.6) is 11.6 Å². The molecule has 1 aromatic carbocycles. The Bertz CT molecular complexity index is 474. The van der Waals surface area contributed by atoms with Gasteiger partial charge >= 0.3 is 0 Å². The molecule has 82 valence electrons. The number of nitrogens with zero attached hydrogens (tertiary/aromatic N) is 2. The van der Waals surface area contributed by atoms with Crippen molar-refractivity contribution >= 4 is 15.9 Å². The van der Waals surface area contributed by atoms with E-state index >= 15 is 0 Å². The lowest BCUT2D eigenvalue weighted by molar-refractivity contribution is 0.281. The van der Waals surface area contributed by atoms with Gasteiger partial charge in [-0.2, -0.15) is 0 Å². The lowest BCUT2D eigenvalue weighted by Crippen LogP contribution is -1.89. The molecule has 0 unspecified atom stereocenters. The number of ether oxygens (including phenoxy) is 1. The van der Waals surface area contributed by atoms with E-state index < -0.39 is 0 Å². The summed E-state index contributed by atoms with van der Waals surface area (Å²) in [5, 5.41) is 8.89. The third-order valence-electron chi connectivity index (χ3n) is 1.94. The predicted octanol–water partition coefficient (Wildman–Crippen LogP) is 2.52. The van der Waals surface area contributed by atoms with Gasteiger partial charge in [-0.15, -0.1) is 0 Å². The molecular formula is C11H9BrN2O2. The first-order chi connectivity index (χ1) is 7.78. The molecule has 2 aromatic rings. The molecular weight excluding hydrogens is 272 g/mol. The Morgan fingerprint density at radius 2 is 1.94 bits per heavy atom. The van der Waals surface area contributed by atoms with Crippen LogP contribution in [0, 0.1) is 0 Å². The monoisotopic (exact) mass is 280 g/mol. The fraction of sp³-hybridized carbons (Fsp3) is 0.0909. The fourth-order valence-electron chi connectivity index (χ4n) is 1.16. The van der Waals surface area contributed by atoms with Crippen LogP contribution in [0.15, 0.2) is 41.3 Å². The number of benzene rings is 1. The molecule has 0 radical (unpaired) electrons. The molecule has 5 heteroatoms. The zero-order valence-corrected chi connectivity index (χ0v) is 9.89. The summed E-state index contributed by atoms with van der Waals surface area (Å²) in [6.07, 6.45) is 1.42. The minimum absolute atomic E-state index is 0.0271. The maximum Gasteiger partial charge on any atom is 0.223 e. The van der Waals surface area contributed by atoms with E-state index in [2.05, 4.69) is 25.9 Å². The third kappa shape index (κ3) is 2.77. The number of aliphatic hydroxyl groups is 1. The minimum atomic E-state index is 0.0271. The van der Waals surface area contributed by atoms with Crippen molar-refractivity contribution < 1.29 is 9.84 Å². The summed E-state index contributed by atoms with van der Waals surface area (Å²) in [7, 11) is 0. The first-order valence-electron chi connectivity index (χ1n) is 4.63. The van der Waals surface area contributed by atoms with E-state index in [0.29, 0.717) is 16.2 Å². The van der Waals surface area contributed by atoms with E-state index in [0.717, 1.165) is 5.56 Å². The Balaban J connectivity index is 2.14. The molecule has 16 heavy (non-hydrogen) atoms. The van der Waals surface area contributed by atoms with Crippen molar-refractivity contribution in [2.75, 3.05) is 0 Å². The third-order valence-corrected chi connectivity index (χ3v) is 2.37. The summed E-state index contributed by atoms with van der Waals surface area (Å²) >= 11 is 3.23. The van der Waals surface area contributed by atoms with Gasteiger partial charge in [-0.25, -0.2) is 9.97 Å². The molecule has 0 bridgehead atoms. The second kappa shape index (κ2) is 5.05. The van der Waals surface area contributed by atoms with Crippen molar-refractivity contribution in [2.45, 2.75) is 6.61 Å². The summed E-state index contributed by atoms with van der Waals surface area (Å²) in [5.74, 6) is 1.14. The highest BCUT2D eigenvalue weighted by Gasteiger charge is 1.99. The largest absolute Gasteiger partial charge is 0.439 e. The van der Waals surface area contributed by atoms with Crippen LogP contribution in [0.2, 0.25) is 0 Å². The predicted molar refractivity (Wildman–Crippen MR) is 62.2 cm³/mol. The zero-order valence-electron chi connectivity index (χ0n) is 8.30. The van der Waals surface area contributed by atoms with Crippen LogP contribution in [0.3, 0.4) is 0 Å². The smallest absolute Gasteiger partial charge is 0.223 e. The SMILES string of the molecule is OCc1ccc(Oc2cc(Br)ncn2)cc1. The molecule has 0 aliphatic rings. The van der Waals surface area contributed by atoms with Crippen LogP contribution >= 0.6 is 15.9 Å². The molecule has 0 spiro atoms.